The van der Waals surface area contributed by atoms with Gasteiger partial charge >= 0.3 is 6.03 Å². The van der Waals surface area contributed by atoms with Crippen molar-refractivity contribution in [3.63, 3.8) is 0 Å². The standard InChI is InChI=1S/C22H28N4O3/c1-14(2)13-19(26-20(27)18-8-6-5-7-15(18)3)21(28)24-16-9-11-17(12-10-16)25-22(29)23-4/h5-12,14,19H,13H2,1-4H3,(H,24,28)(H,26,27)(H2,23,25,29). The fourth-order valence-electron chi connectivity index (χ4n) is 2.83. The van der Waals surface area contributed by atoms with Crippen molar-refractivity contribution in [3.05, 3.63) is 59.7 Å². The maximum Gasteiger partial charge on any atom is 0.318 e. The van der Waals surface area contributed by atoms with E-state index in [1.54, 1.807) is 36.4 Å². The van der Waals surface area contributed by atoms with Crippen LogP contribution in [-0.2, 0) is 4.79 Å². The summed E-state index contributed by atoms with van der Waals surface area (Å²) in [6.07, 6.45) is 0.514. The number of carbonyl (C=O) groups excluding carboxylic acids is 3. The average Bonchev–Trinajstić information content (AvgIpc) is 2.68. The van der Waals surface area contributed by atoms with E-state index in [0.29, 0.717) is 23.4 Å². The van der Waals surface area contributed by atoms with Gasteiger partial charge in [-0.2, -0.15) is 0 Å². The SMILES string of the molecule is CNC(=O)Nc1ccc(NC(=O)C(CC(C)C)NC(=O)c2ccccc2C)cc1. The van der Waals surface area contributed by atoms with E-state index in [4.69, 9.17) is 0 Å². The topological polar surface area (TPSA) is 99.3 Å². The van der Waals surface area contributed by atoms with Gasteiger partial charge in [-0.1, -0.05) is 32.0 Å². The summed E-state index contributed by atoms with van der Waals surface area (Å²) in [6, 6.07) is 13.1. The van der Waals surface area contributed by atoms with Crippen molar-refractivity contribution >= 4 is 29.2 Å². The summed E-state index contributed by atoms with van der Waals surface area (Å²) in [7, 11) is 1.53. The molecule has 7 heteroatoms. The molecule has 2 aromatic rings. The highest BCUT2D eigenvalue weighted by Gasteiger charge is 2.23. The Balaban J connectivity index is 2.07. The molecular formula is C22H28N4O3. The lowest BCUT2D eigenvalue weighted by molar-refractivity contribution is -0.118. The third kappa shape index (κ3) is 6.64. The number of carbonyl (C=O) groups is 3. The van der Waals surface area contributed by atoms with Crippen LogP contribution < -0.4 is 21.3 Å². The van der Waals surface area contributed by atoms with Gasteiger partial charge in [0, 0.05) is 24.0 Å². The van der Waals surface area contributed by atoms with Crippen molar-refractivity contribution in [1.29, 1.82) is 0 Å². The Morgan fingerprint density at radius 2 is 1.48 bits per heavy atom. The van der Waals surface area contributed by atoms with Crippen LogP contribution in [0.3, 0.4) is 0 Å². The summed E-state index contributed by atoms with van der Waals surface area (Å²) in [5.41, 5.74) is 2.59. The molecule has 4 N–H and O–H groups in total. The maximum atomic E-state index is 12.8. The molecule has 154 valence electrons. The Morgan fingerprint density at radius 3 is 2.03 bits per heavy atom. The lowest BCUT2D eigenvalue weighted by Gasteiger charge is -2.21. The molecule has 4 amide bonds. The lowest BCUT2D eigenvalue weighted by atomic mass is 10.0. The molecule has 0 aromatic heterocycles. The van der Waals surface area contributed by atoms with E-state index in [0.717, 1.165) is 5.56 Å². The first-order chi connectivity index (χ1) is 13.8. The lowest BCUT2D eigenvalue weighted by Crippen LogP contribution is -2.44. The average molecular weight is 396 g/mol. The smallest absolute Gasteiger partial charge is 0.318 e. The Labute approximate surface area is 171 Å². The second-order valence-electron chi connectivity index (χ2n) is 7.24. The van der Waals surface area contributed by atoms with Gasteiger partial charge in [-0.3, -0.25) is 9.59 Å². The zero-order chi connectivity index (χ0) is 21.4. The second-order valence-corrected chi connectivity index (χ2v) is 7.24. The highest BCUT2D eigenvalue weighted by atomic mass is 16.2. The number of hydrogen-bond donors (Lipinski definition) is 4. The second kappa shape index (κ2) is 10.3. The van der Waals surface area contributed by atoms with E-state index < -0.39 is 6.04 Å². The zero-order valence-electron chi connectivity index (χ0n) is 17.2. The van der Waals surface area contributed by atoms with Crippen LogP contribution >= 0.6 is 0 Å². The number of anilines is 2. The molecule has 0 saturated carbocycles. The Hall–Kier alpha value is -3.35. The van der Waals surface area contributed by atoms with E-state index in [1.165, 1.54) is 7.05 Å². The van der Waals surface area contributed by atoms with E-state index in [1.807, 2.05) is 32.9 Å². The summed E-state index contributed by atoms with van der Waals surface area (Å²) >= 11 is 0. The first-order valence-electron chi connectivity index (χ1n) is 9.56. The molecule has 2 rings (SSSR count). The van der Waals surface area contributed by atoms with Gasteiger partial charge in [-0.15, -0.1) is 0 Å². The normalized spacial score (nSPS) is 11.5. The van der Waals surface area contributed by atoms with Crippen LogP contribution in [0.5, 0.6) is 0 Å². The molecular weight excluding hydrogens is 368 g/mol. The van der Waals surface area contributed by atoms with Crippen molar-refractivity contribution in [2.75, 3.05) is 17.7 Å². The Bertz CT molecular complexity index is 863. The van der Waals surface area contributed by atoms with Gasteiger partial charge in [0.15, 0.2) is 0 Å². The molecule has 0 aliphatic carbocycles. The highest BCUT2D eigenvalue weighted by molar-refractivity contribution is 6.02. The molecule has 0 heterocycles. The van der Waals surface area contributed by atoms with E-state index in [9.17, 15) is 14.4 Å². The molecule has 0 fully saturated rings. The summed E-state index contributed by atoms with van der Waals surface area (Å²) < 4.78 is 0. The monoisotopic (exact) mass is 396 g/mol. The molecule has 0 aliphatic heterocycles. The highest BCUT2D eigenvalue weighted by Crippen LogP contribution is 2.16. The van der Waals surface area contributed by atoms with Crippen LogP contribution in [0.1, 0.15) is 36.2 Å². The molecule has 0 spiro atoms. The predicted octanol–water partition coefficient (Wildman–Crippen LogP) is 3.53. The minimum Gasteiger partial charge on any atom is -0.341 e. The summed E-state index contributed by atoms with van der Waals surface area (Å²) in [5, 5.41) is 10.8. The summed E-state index contributed by atoms with van der Waals surface area (Å²) in [5.74, 6) is -0.330. The van der Waals surface area contributed by atoms with Gasteiger partial charge in [0.25, 0.3) is 5.91 Å². The van der Waals surface area contributed by atoms with Gasteiger partial charge in [0.05, 0.1) is 0 Å². The predicted molar refractivity (Wildman–Crippen MR) is 115 cm³/mol. The third-order valence-electron chi connectivity index (χ3n) is 4.36. The first-order valence-corrected chi connectivity index (χ1v) is 9.56. The minimum absolute atomic E-state index is 0.224. The largest absolute Gasteiger partial charge is 0.341 e. The van der Waals surface area contributed by atoms with Gasteiger partial charge in [0.2, 0.25) is 5.91 Å². The molecule has 1 unspecified atom stereocenters. The quantitative estimate of drug-likeness (QED) is 0.576. The first kappa shape index (κ1) is 21.9. The number of hydrogen-bond acceptors (Lipinski definition) is 3. The number of amides is 4. The van der Waals surface area contributed by atoms with Gasteiger partial charge in [-0.25, -0.2) is 4.79 Å². The van der Waals surface area contributed by atoms with Gasteiger partial charge < -0.3 is 21.3 Å². The molecule has 0 bridgehead atoms. The molecule has 0 radical (unpaired) electrons. The van der Waals surface area contributed by atoms with Gasteiger partial charge in [-0.05, 0) is 55.2 Å². The number of rotatable bonds is 7. The van der Waals surface area contributed by atoms with Gasteiger partial charge in [0.1, 0.15) is 6.04 Å². The number of benzene rings is 2. The molecule has 1 atom stereocenters. The Morgan fingerprint density at radius 1 is 0.897 bits per heavy atom. The van der Waals surface area contributed by atoms with Crippen LogP contribution in [0.2, 0.25) is 0 Å². The molecule has 0 aliphatic rings. The van der Waals surface area contributed by atoms with Crippen LogP contribution in [0.15, 0.2) is 48.5 Å². The molecule has 29 heavy (non-hydrogen) atoms. The summed E-state index contributed by atoms with van der Waals surface area (Å²) in [6.45, 7) is 5.86. The van der Waals surface area contributed by atoms with E-state index in [-0.39, 0.29) is 23.8 Å². The zero-order valence-corrected chi connectivity index (χ0v) is 17.2. The van der Waals surface area contributed by atoms with Crippen LogP contribution in [0.25, 0.3) is 0 Å². The molecule has 0 saturated heterocycles. The fourth-order valence-corrected chi connectivity index (χ4v) is 2.83. The van der Waals surface area contributed by atoms with Crippen molar-refractivity contribution < 1.29 is 14.4 Å². The van der Waals surface area contributed by atoms with E-state index in [2.05, 4.69) is 21.3 Å². The van der Waals surface area contributed by atoms with Crippen LogP contribution in [0, 0.1) is 12.8 Å². The summed E-state index contributed by atoms with van der Waals surface area (Å²) in [4.78, 5) is 36.8. The minimum atomic E-state index is -0.661. The maximum absolute atomic E-state index is 12.8. The van der Waals surface area contributed by atoms with Crippen molar-refractivity contribution in [1.82, 2.24) is 10.6 Å². The third-order valence-corrected chi connectivity index (χ3v) is 4.36. The fraction of sp³-hybridized carbons (Fsp3) is 0.318. The number of aryl methyl sites for hydroxylation is 1. The van der Waals surface area contributed by atoms with E-state index >= 15 is 0 Å². The number of nitrogens with one attached hydrogen (secondary N) is 4. The van der Waals surface area contributed by atoms with Crippen LogP contribution in [-0.4, -0.2) is 30.9 Å². The Kier molecular flexibility index (Phi) is 7.77. The van der Waals surface area contributed by atoms with Crippen molar-refractivity contribution in [3.8, 4) is 0 Å². The number of urea groups is 1. The van der Waals surface area contributed by atoms with Crippen LogP contribution in [0.4, 0.5) is 16.2 Å². The van der Waals surface area contributed by atoms with Crippen molar-refractivity contribution in [2.45, 2.75) is 33.2 Å². The molecule has 2 aromatic carbocycles. The molecule has 7 nitrogen and oxygen atoms in total. The van der Waals surface area contributed by atoms with Crippen molar-refractivity contribution in [2.24, 2.45) is 5.92 Å².